The van der Waals surface area contributed by atoms with Crippen LogP contribution in [-0.2, 0) is 14.9 Å². The van der Waals surface area contributed by atoms with E-state index < -0.39 is 38.5 Å². The van der Waals surface area contributed by atoms with Crippen LogP contribution in [0.1, 0.15) is 25.0 Å². The minimum atomic E-state index is -1.72. The third kappa shape index (κ3) is 9.85. The van der Waals surface area contributed by atoms with Gasteiger partial charge in [-0.1, -0.05) is 108 Å². The van der Waals surface area contributed by atoms with Crippen molar-refractivity contribution in [1.29, 1.82) is 0 Å². The first-order valence-electron chi connectivity index (χ1n) is 9.19. The van der Waals surface area contributed by atoms with Gasteiger partial charge in [0.15, 0.2) is 0 Å². The molecule has 0 amide bonds. The van der Waals surface area contributed by atoms with E-state index in [-0.39, 0.29) is 11.5 Å². The van der Waals surface area contributed by atoms with E-state index in [0.717, 1.165) is 11.1 Å². The van der Waals surface area contributed by atoms with Gasteiger partial charge in [-0.2, -0.15) is 0 Å². The van der Waals surface area contributed by atoms with Crippen LogP contribution in [0.5, 0.6) is 11.5 Å². The van der Waals surface area contributed by atoms with Crippen molar-refractivity contribution in [3.05, 3.63) is 59.7 Å². The number of ether oxygens (including phenoxy) is 4. The minimum absolute atomic E-state index is 0.265. The van der Waals surface area contributed by atoms with E-state index in [1.54, 1.807) is 48.5 Å². The summed E-state index contributed by atoms with van der Waals surface area (Å²) in [5.74, 6) is 0.530. The zero-order chi connectivity index (χ0) is 24.9. The van der Waals surface area contributed by atoms with Crippen molar-refractivity contribution in [1.82, 2.24) is 0 Å². The molecule has 0 aliphatic heterocycles. The Morgan fingerprint density at radius 2 is 0.939 bits per heavy atom. The molecule has 2 rings (SSSR count). The second-order valence-corrected chi connectivity index (χ2v) is 12.2. The monoisotopic (exact) mass is 576 g/mol. The molecule has 6 nitrogen and oxygen atoms in total. The van der Waals surface area contributed by atoms with Gasteiger partial charge in [-0.05, 0) is 35.4 Å². The lowest BCUT2D eigenvalue weighted by Crippen LogP contribution is -2.21. The first-order chi connectivity index (χ1) is 15.2. The summed E-state index contributed by atoms with van der Waals surface area (Å²) < 4.78 is 16.1. The van der Waals surface area contributed by atoms with Crippen LogP contribution in [0.2, 0.25) is 0 Å². The summed E-state index contributed by atoms with van der Waals surface area (Å²) in [6.07, 6.45) is -1.98. The van der Waals surface area contributed by atoms with Crippen LogP contribution in [0.25, 0.3) is 0 Å². The summed E-state index contributed by atoms with van der Waals surface area (Å²) in [5.41, 5.74) is 1.43. The number of hydrogen-bond donors (Lipinski definition) is 0. The van der Waals surface area contributed by atoms with Gasteiger partial charge >= 0.3 is 12.3 Å². The fourth-order valence-corrected chi connectivity index (χ4v) is 2.91. The van der Waals surface area contributed by atoms with Gasteiger partial charge in [-0.3, -0.25) is 0 Å². The highest BCUT2D eigenvalue weighted by Gasteiger charge is 2.26. The molecule has 0 bridgehead atoms. The van der Waals surface area contributed by atoms with E-state index in [4.69, 9.17) is 88.6 Å². The van der Waals surface area contributed by atoms with Crippen LogP contribution in [0, 0.1) is 0 Å². The van der Waals surface area contributed by atoms with Crippen LogP contribution < -0.4 is 9.47 Å². The van der Waals surface area contributed by atoms with E-state index in [1.807, 2.05) is 13.8 Å². The first-order valence-corrected chi connectivity index (χ1v) is 11.5. The number of carbonyl (C=O) groups excluding carboxylic acids is 2. The number of rotatable bonds is 6. The second kappa shape index (κ2) is 11.4. The molecule has 0 aliphatic carbocycles. The minimum Gasteiger partial charge on any atom is -0.429 e. The summed E-state index contributed by atoms with van der Waals surface area (Å²) in [4.78, 5) is 23.4. The average Bonchev–Trinajstić information content (AvgIpc) is 2.71. The van der Waals surface area contributed by atoms with Gasteiger partial charge in [0.25, 0.3) is 0 Å². The van der Waals surface area contributed by atoms with Crippen LogP contribution in [0.4, 0.5) is 9.59 Å². The van der Waals surface area contributed by atoms with Crippen molar-refractivity contribution in [3.8, 4) is 11.5 Å². The number of benzene rings is 2. The molecule has 2 aromatic rings. The van der Waals surface area contributed by atoms with E-state index in [2.05, 4.69) is 0 Å². The molecule has 0 fully saturated rings. The number of alkyl halides is 6. The van der Waals surface area contributed by atoms with Gasteiger partial charge in [0, 0.05) is 5.41 Å². The lowest BCUT2D eigenvalue weighted by molar-refractivity contribution is 0.0998. The summed E-state index contributed by atoms with van der Waals surface area (Å²) >= 11 is 33.2. The highest BCUT2D eigenvalue weighted by molar-refractivity contribution is 6.68. The fourth-order valence-electron chi connectivity index (χ4n) is 2.58. The normalized spacial score (nSPS) is 12.1. The SMILES string of the molecule is CC(C)(c1ccc(OC(=O)OCC(Cl)(Cl)Cl)cc1)c1ccc(OC(=O)OCC(Cl)(Cl)Cl)cc1. The Hall–Kier alpha value is -1.28. The lowest BCUT2D eigenvalue weighted by atomic mass is 9.78. The molecule has 0 spiro atoms. The predicted molar refractivity (Wildman–Crippen MR) is 130 cm³/mol. The molecule has 0 heterocycles. The summed E-state index contributed by atoms with van der Waals surface area (Å²) in [6.45, 7) is 3.13. The maximum Gasteiger partial charge on any atom is 0.513 e. The second-order valence-electron chi connectivity index (χ2n) is 7.19. The van der Waals surface area contributed by atoms with E-state index >= 15 is 0 Å². The highest BCUT2D eigenvalue weighted by atomic mass is 35.6. The molecular weight excluding hydrogens is 561 g/mol. The van der Waals surface area contributed by atoms with Gasteiger partial charge in [0.05, 0.1) is 0 Å². The molecule has 12 heteroatoms. The van der Waals surface area contributed by atoms with E-state index in [1.165, 1.54) is 0 Å². The maximum absolute atomic E-state index is 11.7. The van der Waals surface area contributed by atoms with Gasteiger partial charge < -0.3 is 18.9 Å². The Labute approximate surface area is 220 Å². The molecule has 0 aliphatic rings. The lowest BCUT2D eigenvalue weighted by Gasteiger charge is -2.26. The quantitative estimate of drug-likeness (QED) is 0.198. The molecule has 0 atom stereocenters. The standard InChI is InChI=1S/C21H18Cl6O6/c1-19(2,13-3-7-15(8-4-13)32-17(28)30-11-20(22,23)24)14-5-9-16(10-6-14)33-18(29)31-12-21(25,26)27/h3-10H,11-12H2,1-2H3. The molecule has 33 heavy (non-hydrogen) atoms. The zero-order valence-corrected chi connectivity index (χ0v) is 21.8. The van der Waals surface area contributed by atoms with Crippen molar-refractivity contribution in [2.24, 2.45) is 0 Å². The molecule has 0 aromatic heterocycles. The van der Waals surface area contributed by atoms with Crippen LogP contribution >= 0.6 is 69.6 Å². The van der Waals surface area contributed by atoms with Crippen LogP contribution in [0.3, 0.4) is 0 Å². The maximum atomic E-state index is 11.7. The molecule has 180 valence electrons. The predicted octanol–water partition coefficient (Wildman–Crippen LogP) is 7.78. The van der Waals surface area contributed by atoms with Gasteiger partial charge in [0.1, 0.15) is 24.7 Å². The topological polar surface area (TPSA) is 71.1 Å². The number of carbonyl (C=O) groups is 2. The molecule has 0 saturated carbocycles. The van der Waals surface area contributed by atoms with Crippen molar-refractivity contribution in [3.63, 3.8) is 0 Å². The largest absolute Gasteiger partial charge is 0.513 e. The molecule has 0 radical (unpaired) electrons. The summed E-state index contributed by atoms with van der Waals surface area (Å²) in [5, 5.41) is 0. The van der Waals surface area contributed by atoms with Gasteiger partial charge in [-0.15, -0.1) is 0 Å². The Bertz CT molecular complexity index is 872. The first kappa shape index (κ1) is 28.0. The average molecular weight is 579 g/mol. The van der Waals surface area contributed by atoms with Gasteiger partial charge in [0.2, 0.25) is 7.59 Å². The van der Waals surface area contributed by atoms with E-state index in [0.29, 0.717) is 0 Å². The van der Waals surface area contributed by atoms with Crippen molar-refractivity contribution < 1.29 is 28.5 Å². The summed E-state index contributed by atoms with van der Waals surface area (Å²) in [6, 6.07) is 13.7. The zero-order valence-electron chi connectivity index (χ0n) is 17.3. The molecular formula is C21H18Cl6O6. The fraction of sp³-hybridized carbons (Fsp3) is 0.333. The molecule has 0 unspecified atom stereocenters. The van der Waals surface area contributed by atoms with Gasteiger partial charge in [-0.25, -0.2) is 9.59 Å². The summed E-state index contributed by atoms with van der Waals surface area (Å²) in [7, 11) is 0. The highest BCUT2D eigenvalue weighted by Crippen LogP contribution is 2.34. The molecule has 2 aromatic carbocycles. The number of halogens is 6. The Morgan fingerprint density at radius 3 is 1.21 bits per heavy atom. The smallest absolute Gasteiger partial charge is 0.429 e. The Balaban J connectivity index is 2.00. The third-order valence-corrected chi connectivity index (χ3v) is 4.92. The van der Waals surface area contributed by atoms with Crippen molar-refractivity contribution in [2.75, 3.05) is 13.2 Å². The molecule has 0 N–H and O–H groups in total. The van der Waals surface area contributed by atoms with Crippen LogP contribution in [0.15, 0.2) is 48.5 Å². The van der Waals surface area contributed by atoms with Crippen LogP contribution in [-0.4, -0.2) is 33.1 Å². The van der Waals surface area contributed by atoms with Crippen molar-refractivity contribution in [2.45, 2.75) is 26.8 Å². The Morgan fingerprint density at radius 1 is 0.636 bits per heavy atom. The number of hydrogen-bond acceptors (Lipinski definition) is 6. The third-order valence-electron chi connectivity index (χ3n) is 4.26. The van der Waals surface area contributed by atoms with Crippen molar-refractivity contribution >= 4 is 81.9 Å². The van der Waals surface area contributed by atoms with E-state index in [9.17, 15) is 9.59 Å². The molecule has 0 saturated heterocycles. The Kier molecular flexibility index (Phi) is 9.69.